The van der Waals surface area contributed by atoms with Crippen LogP contribution >= 0.6 is 34.4 Å². The van der Waals surface area contributed by atoms with Crippen molar-refractivity contribution in [2.45, 2.75) is 57.1 Å². The smallest absolute Gasteiger partial charge is 0.410 e. The number of benzene rings is 3. The Morgan fingerprint density at radius 2 is 1.78 bits per heavy atom. The maximum absolute atomic E-state index is 13.0. The van der Waals surface area contributed by atoms with Crippen LogP contribution in [0, 0.1) is 0 Å². The first-order valence-corrected chi connectivity index (χ1v) is 18.2. The van der Waals surface area contributed by atoms with Gasteiger partial charge in [0.15, 0.2) is 5.16 Å². The van der Waals surface area contributed by atoms with E-state index in [1.165, 1.54) is 10.9 Å². The average molecular weight is 738 g/mol. The van der Waals surface area contributed by atoms with Gasteiger partial charge in [-0.3, -0.25) is 0 Å². The van der Waals surface area contributed by atoms with Gasteiger partial charge < -0.3 is 24.2 Å². The molecule has 0 bridgehead atoms. The third-order valence-corrected chi connectivity index (χ3v) is 9.76. The molecule has 10 heteroatoms. The first-order chi connectivity index (χ1) is 21.7. The third kappa shape index (κ3) is 7.27. The lowest BCUT2D eigenvalue weighted by Gasteiger charge is -2.42. The molecule has 2 aliphatic heterocycles. The molecule has 45 heavy (non-hydrogen) atoms. The summed E-state index contributed by atoms with van der Waals surface area (Å²) in [6.45, 7) is 9.83. The summed E-state index contributed by atoms with van der Waals surface area (Å²) in [6.07, 6.45) is 2.63. The fourth-order valence-corrected chi connectivity index (χ4v) is 7.17. The number of aromatic nitrogens is 2. The minimum absolute atomic E-state index is 0.0441. The standard InChI is InChI=1S/C35H40IN5O3S/c1-35(2,3)44-34(42)41-17-16-40(21-26(41)20-36)32-29-14-15-39(22-30(29)37-33(38-32)45-4)31-19-27(18-25-12-8-9-13-28(25)31)43-23-24-10-6-5-7-11-24/h5-13,18-19,26H,14-17,20-23H2,1-4H3/t26-/m0/s1. The molecule has 0 spiro atoms. The average Bonchev–Trinajstić information content (AvgIpc) is 3.05. The SMILES string of the molecule is CSc1nc2c(c(N3CCN(C(=O)OC(C)(C)C)[C@@H](CI)C3)n1)CCN(c1cc(OCc3ccccc3)cc3ccccc13)C2. The highest BCUT2D eigenvalue weighted by Gasteiger charge is 2.35. The first kappa shape index (κ1) is 31.7. The summed E-state index contributed by atoms with van der Waals surface area (Å²) in [5, 5.41) is 3.14. The number of amides is 1. The van der Waals surface area contributed by atoms with Crippen molar-refractivity contribution in [1.82, 2.24) is 14.9 Å². The summed E-state index contributed by atoms with van der Waals surface area (Å²) >= 11 is 3.95. The maximum atomic E-state index is 13.0. The van der Waals surface area contributed by atoms with Gasteiger partial charge in [-0.2, -0.15) is 0 Å². The predicted molar refractivity (Wildman–Crippen MR) is 191 cm³/mol. The first-order valence-electron chi connectivity index (χ1n) is 15.4. The maximum Gasteiger partial charge on any atom is 0.410 e. The zero-order valence-corrected chi connectivity index (χ0v) is 29.3. The van der Waals surface area contributed by atoms with Crippen LogP contribution in [-0.2, 0) is 24.3 Å². The quantitative estimate of drug-likeness (QED) is 0.0845. The molecule has 0 aliphatic carbocycles. The fourth-order valence-electron chi connectivity index (χ4n) is 6.04. The van der Waals surface area contributed by atoms with Crippen LogP contribution in [0.4, 0.5) is 16.3 Å². The van der Waals surface area contributed by atoms with Crippen molar-refractivity contribution in [1.29, 1.82) is 0 Å². The number of alkyl halides is 1. The van der Waals surface area contributed by atoms with Gasteiger partial charge in [-0.05, 0) is 50.5 Å². The van der Waals surface area contributed by atoms with Crippen LogP contribution < -0.4 is 14.5 Å². The van der Waals surface area contributed by atoms with E-state index in [1.807, 2.05) is 50.1 Å². The second-order valence-electron chi connectivity index (χ2n) is 12.5. The number of nitrogens with zero attached hydrogens (tertiary/aromatic N) is 5. The monoisotopic (exact) mass is 737 g/mol. The predicted octanol–water partition coefficient (Wildman–Crippen LogP) is 7.35. The molecule has 6 rings (SSSR count). The molecule has 4 aromatic rings. The highest BCUT2D eigenvalue weighted by atomic mass is 127. The molecule has 0 N–H and O–H groups in total. The van der Waals surface area contributed by atoms with Crippen molar-refractivity contribution in [3.63, 3.8) is 0 Å². The Morgan fingerprint density at radius 1 is 1.00 bits per heavy atom. The molecule has 0 saturated carbocycles. The second-order valence-corrected chi connectivity index (χ2v) is 14.2. The van der Waals surface area contributed by atoms with Gasteiger partial charge >= 0.3 is 6.09 Å². The highest BCUT2D eigenvalue weighted by molar-refractivity contribution is 14.1. The number of ether oxygens (including phenoxy) is 2. The number of carbonyl (C=O) groups excluding carboxylic acids is 1. The Balaban J connectivity index is 1.27. The number of fused-ring (bicyclic) bond motifs is 2. The van der Waals surface area contributed by atoms with Gasteiger partial charge in [0, 0.05) is 53.3 Å². The Labute approximate surface area is 283 Å². The van der Waals surface area contributed by atoms with Crippen molar-refractivity contribution >= 4 is 62.7 Å². The highest BCUT2D eigenvalue weighted by Crippen LogP contribution is 2.37. The van der Waals surface area contributed by atoms with Crippen molar-refractivity contribution in [2.75, 3.05) is 46.7 Å². The van der Waals surface area contributed by atoms with Gasteiger partial charge in [-0.1, -0.05) is 89.0 Å². The minimum atomic E-state index is -0.520. The van der Waals surface area contributed by atoms with Crippen LogP contribution in [0.2, 0.25) is 0 Å². The number of hydrogen-bond acceptors (Lipinski definition) is 8. The molecule has 8 nitrogen and oxygen atoms in total. The van der Waals surface area contributed by atoms with E-state index >= 15 is 0 Å². The summed E-state index contributed by atoms with van der Waals surface area (Å²) in [4.78, 5) is 29.7. The number of carbonyl (C=O) groups is 1. The number of rotatable bonds is 7. The third-order valence-electron chi connectivity index (χ3n) is 8.20. The number of anilines is 2. The van der Waals surface area contributed by atoms with E-state index in [0.29, 0.717) is 32.8 Å². The van der Waals surface area contributed by atoms with Gasteiger partial charge in [0.05, 0.1) is 18.3 Å². The molecule has 0 radical (unpaired) electrons. The van der Waals surface area contributed by atoms with Crippen LogP contribution in [0.25, 0.3) is 10.8 Å². The molecule has 2 aliphatic rings. The summed E-state index contributed by atoms with van der Waals surface area (Å²) < 4.78 is 12.9. The second kappa shape index (κ2) is 13.6. The van der Waals surface area contributed by atoms with Crippen LogP contribution in [0.15, 0.2) is 71.9 Å². The molecule has 1 atom stereocenters. The molecule has 3 aromatic carbocycles. The van der Waals surface area contributed by atoms with Crippen molar-refractivity contribution < 1.29 is 14.3 Å². The Kier molecular flexibility index (Phi) is 9.60. The van der Waals surface area contributed by atoms with E-state index in [2.05, 4.69) is 80.9 Å². The van der Waals surface area contributed by atoms with Gasteiger partial charge in [0.25, 0.3) is 0 Å². The van der Waals surface area contributed by atoms with E-state index in [9.17, 15) is 4.79 Å². The molecule has 3 heterocycles. The molecule has 1 aromatic heterocycles. The Morgan fingerprint density at radius 3 is 2.53 bits per heavy atom. The summed E-state index contributed by atoms with van der Waals surface area (Å²) in [7, 11) is 0. The van der Waals surface area contributed by atoms with Gasteiger partial charge in [-0.25, -0.2) is 14.8 Å². The molecule has 1 fully saturated rings. The number of hydrogen-bond donors (Lipinski definition) is 0. The summed E-state index contributed by atoms with van der Waals surface area (Å²) in [6, 6.07) is 23.1. The molecule has 236 valence electrons. The van der Waals surface area contributed by atoms with Gasteiger partial charge in [-0.15, -0.1) is 0 Å². The fraction of sp³-hybridized carbons (Fsp3) is 0.400. The molecular formula is C35H40IN5O3S. The zero-order valence-electron chi connectivity index (χ0n) is 26.3. The minimum Gasteiger partial charge on any atom is -0.489 e. The molecular weight excluding hydrogens is 697 g/mol. The number of thioether (sulfide) groups is 1. The van der Waals surface area contributed by atoms with E-state index in [4.69, 9.17) is 19.4 Å². The van der Waals surface area contributed by atoms with Crippen molar-refractivity contribution in [3.05, 3.63) is 83.6 Å². The normalized spacial score (nSPS) is 16.9. The van der Waals surface area contributed by atoms with Crippen LogP contribution in [-0.4, -0.2) is 69.5 Å². The van der Waals surface area contributed by atoms with E-state index in [-0.39, 0.29) is 12.1 Å². The lowest BCUT2D eigenvalue weighted by molar-refractivity contribution is 0.0165. The topological polar surface area (TPSA) is 71.0 Å². The Hall–Kier alpha value is -3.25. The van der Waals surface area contributed by atoms with Crippen LogP contribution in [0.5, 0.6) is 5.75 Å². The molecule has 1 saturated heterocycles. The van der Waals surface area contributed by atoms with Crippen molar-refractivity contribution in [2.24, 2.45) is 0 Å². The largest absolute Gasteiger partial charge is 0.489 e. The van der Waals surface area contributed by atoms with Gasteiger partial charge in [0.1, 0.15) is 23.8 Å². The van der Waals surface area contributed by atoms with Gasteiger partial charge in [0.2, 0.25) is 0 Å². The zero-order chi connectivity index (χ0) is 31.6. The number of piperazine rings is 1. The Bertz CT molecular complexity index is 1660. The van der Waals surface area contributed by atoms with E-state index < -0.39 is 5.60 Å². The lowest BCUT2D eigenvalue weighted by atomic mass is 10.0. The van der Waals surface area contributed by atoms with Crippen LogP contribution in [0.3, 0.4) is 0 Å². The van der Waals surface area contributed by atoms with E-state index in [0.717, 1.165) is 56.4 Å². The van der Waals surface area contributed by atoms with Crippen molar-refractivity contribution in [3.8, 4) is 5.75 Å². The summed E-state index contributed by atoms with van der Waals surface area (Å²) in [5.41, 5.74) is 4.06. The summed E-state index contributed by atoms with van der Waals surface area (Å²) in [5.74, 6) is 1.87. The van der Waals surface area contributed by atoms with Crippen LogP contribution in [0.1, 0.15) is 37.6 Å². The lowest BCUT2D eigenvalue weighted by Crippen LogP contribution is -2.57. The molecule has 0 unspecified atom stereocenters. The number of halogens is 1. The molecule has 1 amide bonds. The van der Waals surface area contributed by atoms with E-state index in [1.54, 1.807) is 11.8 Å².